The maximum Gasteiger partial charge on any atom is 0.193 e. The Hall–Kier alpha value is -1.02. The fraction of sp³-hybridized carbons (Fsp3) is 0.611. The van der Waals surface area contributed by atoms with Crippen molar-refractivity contribution in [1.29, 1.82) is 0 Å². The van der Waals surface area contributed by atoms with Gasteiger partial charge in [-0.05, 0) is 37.5 Å². The summed E-state index contributed by atoms with van der Waals surface area (Å²) in [5, 5.41) is 3.37. The van der Waals surface area contributed by atoms with Crippen LogP contribution in [-0.2, 0) is 11.3 Å². The molecule has 1 saturated heterocycles. The van der Waals surface area contributed by atoms with Gasteiger partial charge < -0.3 is 19.7 Å². The summed E-state index contributed by atoms with van der Waals surface area (Å²) in [5.74, 6) is 2.46. The molecule has 0 saturated carbocycles. The lowest BCUT2D eigenvalue weighted by Crippen LogP contribution is -2.41. The fourth-order valence-corrected chi connectivity index (χ4v) is 2.80. The summed E-state index contributed by atoms with van der Waals surface area (Å²) < 4.78 is 10.9. The summed E-state index contributed by atoms with van der Waals surface area (Å²) in [6.07, 6.45) is 1.14. The lowest BCUT2D eigenvalue weighted by molar-refractivity contribution is 0.181. The topological polar surface area (TPSA) is 46.1 Å². The van der Waals surface area contributed by atoms with Crippen LogP contribution in [-0.4, -0.2) is 51.3 Å². The number of halogens is 1. The number of guanidine groups is 1. The molecule has 1 fully saturated rings. The summed E-state index contributed by atoms with van der Waals surface area (Å²) in [5.41, 5.74) is 2.30. The van der Waals surface area contributed by atoms with Gasteiger partial charge in [-0.1, -0.05) is 12.1 Å². The van der Waals surface area contributed by atoms with Crippen molar-refractivity contribution in [2.45, 2.75) is 26.8 Å². The van der Waals surface area contributed by atoms with Gasteiger partial charge in [0.25, 0.3) is 0 Å². The smallest absolute Gasteiger partial charge is 0.193 e. The lowest BCUT2D eigenvalue weighted by atomic mass is 10.1. The minimum Gasteiger partial charge on any atom is -0.496 e. The maximum absolute atomic E-state index is 5.46. The standard InChI is InChI=1S/C18H29N3O2.HI/c1-5-19-18(21(3)12-16-8-9-23-13-16)20-11-15-7-6-14(2)17(10-15)22-4;/h6-7,10,16H,5,8-9,11-13H2,1-4H3,(H,19,20);1H. The molecule has 0 bridgehead atoms. The second kappa shape index (κ2) is 10.8. The fourth-order valence-electron chi connectivity index (χ4n) is 2.80. The van der Waals surface area contributed by atoms with Gasteiger partial charge in [-0.2, -0.15) is 0 Å². The first-order chi connectivity index (χ1) is 11.1. The average molecular weight is 447 g/mol. The summed E-state index contributed by atoms with van der Waals surface area (Å²) in [6.45, 7) is 8.37. The van der Waals surface area contributed by atoms with E-state index < -0.39 is 0 Å². The van der Waals surface area contributed by atoms with E-state index in [1.807, 2.05) is 6.92 Å². The van der Waals surface area contributed by atoms with Gasteiger partial charge in [-0.15, -0.1) is 24.0 Å². The van der Waals surface area contributed by atoms with E-state index in [9.17, 15) is 0 Å². The van der Waals surface area contributed by atoms with Crippen LogP contribution >= 0.6 is 24.0 Å². The first-order valence-corrected chi connectivity index (χ1v) is 8.34. The number of methoxy groups -OCH3 is 1. The third-order valence-corrected chi connectivity index (χ3v) is 4.14. The summed E-state index contributed by atoms with van der Waals surface area (Å²) >= 11 is 0. The van der Waals surface area contributed by atoms with Gasteiger partial charge >= 0.3 is 0 Å². The van der Waals surface area contributed by atoms with Gasteiger partial charge in [0, 0.05) is 32.7 Å². The second-order valence-corrected chi connectivity index (χ2v) is 6.08. The van der Waals surface area contributed by atoms with E-state index in [0.717, 1.165) is 55.6 Å². The van der Waals surface area contributed by atoms with E-state index in [-0.39, 0.29) is 24.0 Å². The van der Waals surface area contributed by atoms with Crippen molar-refractivity contribution in [1.82, 2.24) is 10.2 Å². The zero-order chi connectivity index (χ0) is 16.7. The Balaban J connectivity index is 0.00000288. The van der Waals surface area contributed by atoms with E-state index in [4.69, 9.17) is 14.5 Å². The molecule has 1 aromatic rings. The van der Waals surface area contributed by atoms with Gasteiger partial charge in [-0.25, -0.2) is 4.99 Å². The number of hydrogen-bond donors (Lipinski definition) is 1. The molecule has 1 N–H and O–H groups in total. The van der Waals surface area contributed by atoms with E-state index in [2.05, 4.69) is 42.4 Å². The molecule has 1 unspecified atom stereocenters. The largest absolute Gasteiger partial charge is 0.496 e. The van der Waals surface area contributed by atoms with Gasteiger partial charge in [0.15, 0.2) is 5.96 Å². The van der Waals surface area contributed by atoms with Crippen molar-refractivity contribution in [2.24, 2.45) is 10.9 Å². The van der Waals surface area contributed by atoms with E-state index in [1.165, 1.54) is 0 Å². The highest BCUT2D eigenvalue weighted by Gasteiger charge is 2.19. The predicted molar refractivity (Wildman–Crippen MR) is 110 cm³/mol. The number of nitrogens with one attached hydrogen (secondary N) is 1. The van der Waals surface area contributed by atoms with Crippen molar-refractivity contribution < 1.29 is 9.47 Å². The predicted octanol–water partition coefficient (Wildman–Crippen LogP) is 3.06. The van der Waals surface area contributed by atoms with Gasteiger partial charge in [0.05, 0.1) is 20.3 Å². The summed E-state index contributed by atoms with van der Waals surface area (Å²) in [6, 6.07) is 6.25. The van der Waals surface area contributed by atoms with Gasteiger partial charge in [0.1, 0.15) is 5.75 Å². The zero-order valence-corrected chi connectivity index (χ0v) is 17.5. The minimum absolute atomic E-state index is 0. The van der Waals surface area contributed by atoms with Gasteiger partial charge in [0.2, 0.25) is 0 Å². The van der Waals surface area contributed by atoms with Crippen LogP contribution in [0, 0.1) is 12.8 Å². The molecule has 1 aliphatic heterocycles. The molecule has 24 heavy (non-hydrogen) atoms. The quantitative estimate of drug-likeness (QED) is 0.414. The molecular formula is C18H30IN3O2. The normalized spacial score (nSPS) is 17.3. The molecule has 1 heterocycles. The highest BCUT2D eigenvalue weighted by molar-refractivity contribution is 14.0. The van der Waals surface area contributed by atoms with Crippen LogP contribution in [0.25, 0.3) is 0 Å². The van der Waals surface area contributed by atoms with Crippen LogP contribution in [0.3, 0.4) is 0 Å². The number of ether oxygens (including phenoxy) is 2. The highest BCUT2D eigenvalue weighted by Crippen LogP contribution is 2.19. The number of aryl methyl sites for hydroxylation is 1. The molecular weight excluding hydrogens is 417 g/mol. The molecule has 0 spiro atoms. The molecule has 0 aliphatic carbocycles. The van der Waals surface area contributed by atoms with Crippen LogP contribution in [0.5, 0.6) is 5.75 Å². The monoisotopic (exact) mass is 447 g/mol. The average Bonchev–Trinajstić information content (AvgIpc) is 3.05. The van der Waals surface area contributed by atoms with Crippen LogP contribution in [0.15, 0.2) is 23.2 Å². The van der Waals surface area contributed by atoms with E-state index in [1.54, 1.807) is 7.11 Å². The molecule has 6 heteroatoms. The molecule has 0 aromatic heterocycles. The molecule has 5 nitrogen and oxygen atoms in total. The van der Waals surface area contributed by atoms with Crippen molar-refractivity contribution >= 4 is 29.9 Å². The number of hydrogen-bond acceptors (Lipinski definition) is 3. The molecule has 1 aliphatic rings. The van der Waals surface area contributed by atoms with E-state index in [0.29, 0.717) is 12.5 Å². The molecule has 2 rings (SSSR count). The summed E-state index contributed by atoms with van der Waals surface area (Å²) in [7, 11) is 3.80. The first-order valence-electron chi connectivity index (χ1n) is 8.34. The molecule has 0 radical (unpaired) electrons. The Labute approximate surface area is 162 Å². The third kappa shape index (κ3) is 6.12. The molecule has 1 atom stereocenters. The Morgan fingerprint density at radius 2 is 2.25 bits per heavy atom. The second-order valence-electron chi connectivity index (χ2n) is 6.08. The van der Waals surface area contributed by atoms with Crippen molar-refractivity contribution in [2.75, 3.05) is 40.5 Å². The lowest BCUT2D eigenvalue weighted by Gasteiger charge is -2.24. The van der Waals surface area contributed by atoms with E-state index >= 15 is 0 Å². The molecule has 1 aromatic carbocycles. The highest BCUT2D eigenvalue weighted by atomic mass is 127. The Kier molecular flexibility index (Phi) is 9.43. The SMILES string of the molecule is CCNC(=NCc1ccc(C)c(OC)c1)N(C)CC1CCOC1.I. The van der Waals surface area contributed by atoms with Crippen LogP contribution in [0.4, 0.5) is 0 Å². The molecule has 0 amide bonds. The van der Waals surface area contributed by atoms with Crippen molar-refractivity contribution in [3.8, 4) is 5.75 Å². The number of nitrogens with zero attached hydrogens (tertiary/aromatic N) is 2. The number of rotatable bonds is 6. The van der Waals surface area contributed by atoms with Crippen molar-refractivity contribution in [3.05, 3.63) is 29.3 Å². The van der Waals surface area contributed by atoms with Crippen molar-refractivity contribution in [3.63, 3.8) is 0 Å². The Morgan fingerprint density at radius 3 is 2.88 bits per heavy atom. The minimum atomic E-state index is 0. The maximum atomic E-state index is 5.46. The van der Waals surface area contributed by atoms with Crippen LogP contribution in [0.1, 0.15) is 24.5 Å². The zero-order valence-electron chi connectivity index (χ0n) is 15.2. The number of aliphatic imine (C=N–C) groups is 1. The van der Waals surface area contributed by atoms with Crippen LogP contribution < -0.4 is 10.1 Å². The Morgan fingerprint density at radius 1 is 1.46 bits per heavy atom. The molecule has 136 valence electrons. The first kappa shape index (κ1) is 21.0. The summed E-state index contributed by atoms with van der Waals surface area (Å²) in [4.78, 5) is 6.97. The van der Waals surface area contributed by atoms with Crippen LogP contribution in [0.2, 0.25) is 0 Å². The Bertz CT molecular complexity index is 531. The van der Waals surface area contributed by atoms with Gasteiger partial charge in [-0.3, -0.25) is 0 Å². The number of benzene rings is 1. The third-order valence-electron chi connectivity index (χ3n) is 4.14.